The zero-order valence-corrected chi connectivity index (χ0v) is 15.8. The standard InChI is InChI=1S/C10H22O3.C8H18O3/c1-2-3-4-5-7-12-9-10-13-8-6-11;1-2-3-5-10-7-8-11-6-4-9/h11H,2-10H2,1H3;9H,2-8H2,1H3. The monoisotopic (exact) mass is 352 g/mol. The molecule has 0 rings (SSSR count). The van der Waals surface area contributed by atoms with E-state index in [1.54, 1.807) is 0 Å². The molecule has 0 atom stereocenters. The van der Waals surface area contributed by atoms with E-state index >= 15 is 0 Å². The molecule has 0 bridgehead atoms. The molecule has 0 radical (unpaired) electrons. The van der Waals surface area contributed by atoms with E-state index < -0.39 is 0 Å². The topological polar surface area (TPSA) is 77.4 Å². The first-order chi connectivity index (χ1) is 11.8. The summed E-state index contributed by atoms with van der Waals surface area (Å²) in [6.45, 7) is 9.46. The molecule has 0 spiro atoms. The van der Waals surface area contributed by atoms with E-state index in [4.69, 9.17) is 29.2 Å². The van der Waals surface area contributed by atoms with Crippen LogP contribution in [0.4, 0.5) is 0 Å². The minimum absolute atomic E-state index is 0.0922. The molecule has 0 saturated heterocycles. The number of ether oxygens (including phenoxy) is 4. The third-order valence-electron chi connectivity index (χ3n) is 3.00. The van der Waals surface area contributed by atoms with Gasteiger partial charge in [-0.3, -0.25) is 0 Å². The summed E-state index contributed by atoms with van der Waals surface area (Å²) < 4.78 is 20.6. The maximum atomic E-state index is 8.40. The lowest BCUT2D eigenvalue weighted by molar-refractivity contribution is 0.0321. The van der Waals surface area contributed by atoms with Gasteiger partial charge in [-0.2, -0.15) is 0 Å². The zero-order valence-electron chi connectivity index (χ0n) is 15.8. The smallest absolute Gasteiger partial charge is 0.0701 e. The first kappa shape index (κ1) is 26.0. The third-order valence-corrected chi connectivity index (χ3v) is 3.00. The van der Waals surface area contributed by atoms with Gasteiger partial charge in [-0.05, 0) is 12.8 Å². The Bertz CT molecular complexity index is 174. The van der Waals surface area contributed by atoms with Gasteiger partial charge < -0.3 is 29.2 Å². The molecular weight excluding hydrogens is 312 g/mol. The van der Waals surface area contributed by atoms with Crippen LogP contribution in [0.5, 0.6) is 0 Å². The van der Waals surface area contributed by atoms with Crippen molar-refractivity contribution in [3.63, 3.8) is 0 Å². The van der Waals surface area contributed by atoms with E-state index in [1.807, 2.05) is 0 Å². The molecule has 0 heterocycles. The molecule has 6 heteroatoms. The van der Waals surface area contributed by atoms with Crippen LogP contribution in [0.25, 0.3) is 0 Å². The van der Waals surface area contributed by atoms with Crippen LogP contribution in [0.3, 0.4) is 0 Å². The lowest BCUT2D eigenvalue weighted by Gasteiger charge is -2.04. The lowest BCUT2D eigenvalue weighted by atomic mass is 10.2. The summed E-state index contributed by atoms with van der Waals surface area (Å²) in [6, 6.07) is 0. The predicted octanol–water partition coefficient (Wildman–Crippen LogP) is 2.40. The molecule has 6 nitrogen and oxygen atoms in total. The van der Waals surface area contributed by atoms with Crippen LogP contribution >= 0.6 is 0 Å². The zero-order chi connectivity index (χ0) is 18.1. The van der Waals surface area contributed by atoms with Crippen molar-refractivity contribution in [3.05, 3.63) is 0 Å². The van der Waals surface area contributed by atoms with Gasteiger partial charge in [0.25, 0.3) is 0 Å². The Morgan fingerprint density at radius 1 is 0.458 bits per heavy atom. The fourth-order valence-electron chi connectivity index (χ4n) is 1.65. The van der Waals surface area contributed by atoms with Crippen LogP contribution in [0.15, 0.2) is 0 Å². The molecule has 24 heavy (non-hydrogen) atoms. The molecule has 148 valence electrons. The molecule has 0 unspecified atom stereocenters. The average molecular weight is 353 g/mol. The second-order valence-corrected chi connectivity index (χ2v) is 5.31. The van der Waals surface area contributed by atoms with Gasteiger partial charge in [0.1, 0.15) is 0 Å². The molecule has 2 N–H and O–H groups in total. The van der Waals surface area contributed by atoms with Gasteiger partial charge >= 0.3 is 0 Å². The minimum Gasteiger partial charge on any atom is -0.394 e. The van der Waals surface area contributed by atoms with Crippen molar-refractivity contribution in [3.8, 4) is 0 Å². The Hall–Kier alpha value is -0.240. The van der Waals surface area contributed by atoms with Crippen molar-refractivity contribution >= 4 is 0 Å². The number of unbranched alkanes of at least 4 members (excludes halogenated alkanes) is 4. The van der Waals surface area contributed by atoms with E-state index in [9.17, 15) is 0 Å². The van der Waals surface area contributed by atoms with Crippen molar-refractivity contribution in [2.24, 2.45) is 0 Å². The van der Waals surface area contributed by atoms with Crippen LogP contribution < -0.4 is 0 Å². The second kappa shape index (κ2) is 27.6. The quantitative estimate of drug-likeness (QED) is 0.369. The van der Waals surface area contributed by atoms with Gasteiger partial charge in [0.15, 0.2) is 0 Å². The van der Waals surface area contributed by atoms with Gasteiger partial charge in [0.2, 0.25) is 0 Å². The van der Waals surface area contributed by atoms with Gasteiger partial charge in [0.05, 0.1) is 52.9 Å². The molecule has 0 aliphatic rings. The number of hydrogen-bond donors (Lipinski definition) is 2. The van der Waals surface area contributed by atoms with Crippen molar-refractivity contribution < 1.29 is 29.2 Å². The molecule has 0 fully saturated rings. The Balaban J connectivity index is 0. The van der Waals surface area contributed by atoms with E-state index in [1.165, 1.54) is 19.3 Å². The molecular formula is C18H40O6. The largest absolute Gasteiger partial charge is 0.394 e. The summed E-state index contributed by atoms with van der Waals surface area (Å²) in [5.41, 5.74) is 0. The highest BCUT2D eigenvalue weighted by molar-refractivity contribution is 4.39. The van der Waals surface area contributed by atoms with Crippen LogP contribution in [-0.4, -0.2) is 76.3 Å². The van der Waals surface area contributed by atoms with Gasteiger partial charge in [-0.25, -0.2) is 0 Å². The highest BCUT2D eigenvalue weighted by Gasteiger charge is 1.90. The number of aliphatic hydroxyl groups excluding tert-OH is 2. The van der Waals surface area contributed by atoms with Crippen molar-refractivity contribution in [1.29, 1.82) is 0 Å². The van der Waals surface area contributed by atoms with Crippen molar-refractivity contribution in [2.45, 2.75) is 52.4 Å². The fourth-order valence-corrected chi connectivity index (χ4v) is 1.65. The molecule has 0 aliphatic heterocycles. The summed E-state index contributed by atoms with van der Waals surface area (Å²) in [5, 5.41) is 16.7. The first-order valence-corrected chi connectivity index (χ1v) is 9.36. The molecule has 0 aromatic carbocycles. The normalized spacial score (nSPS) is 10.5. The highest BCUT2D eigenvalue weighted by Crippen LogP contribution is 1.98. The van der Waals surface area contributed by atoms with Crippen molar-refractivity contribution in [1.82, 2.24) is 0 Å². The van der Waals surface area contributed by atoms with Crippen LogP contribution in [0.2, 0.25) is 0 Å². The van der Waals surface area contributed by atoms with Crippen LogP contribution in [0.1, 0.15) is 52.4 Å². The van der Waals surface area contributed by atoms with Crippen molar-refractivity contribution in [2.75, 3.05) is 66.1 Å². The van der Waals surface area contributed by atoms with Gasteiger partial charge in [0, 0.05) is 13.2 Å². The lowest BCUT2D eigenvalue weighted by Crippen LogP contribution is -2.07. The van der Waals surface area contributed by atoms with Crippen LogP contribution in [-0.2, 0) is 18.9 Å². The van der Waals surface area contributed by atoms with Gasteiger partial charge in [-0.15, -0.1) is 0 Å². The Kier molecular flexibility index (Phi) is 29.9. The summed E-state index contributed by atoms with van der Waals surface area (Å²) in [6.07, 6.45) is 7.24. The molecule has 0 amide bonds. The fraction of sp³-hybridized carbons (Fsp3) is 1.00. The Labute approximate surface area is 148 Å². The highest BCUT2D eigenvalue weighted by atomic mass is 16.5. The Morgan fingerprint density at radius 2 is 0.875 bits per heavy atom. The number of aliphatic hydroxyl groups is 2. The molecule has 0 aromatic rings. The second-order valence-electron chi connectivity index (χ2n) is 5.31. The van der Waals surface area contributed by atoms with E-state index in [2.05, 4.69) is 13.8 Å². The Morgan fingerprint density at radius 3 is 1.29 bits per heavy atom. The maximum absolute atomic E-state index is 8.40. The summed E-state index contributed by atoms with van der Waals surface area (Å²) >= 11 is 0. The SMILES string of the molecule is CCCCCCOCCOCCO.CCCCOCCOCCO. The molecule has 0 aromatic heterocycles. The average Bonchev–Trinajstić information content (AvgIpc) is 2.60. The predicted molar refractivity (Wildman–Crippen MR) is 96.5 cm³/mol. The third kappa shape index (κ3) is 29.7. The van der Waals surface area contributed by atoms with E-state index in [0.29, 0.717) is 39.6 Å². The molecule has 0 saturated carbocycles. The summed E-state index contributed by atoms with van der Waals surface area (Å²) in [7, 11) is 0. The number of rotatable bonds is 18. The number of hydrogen-bond acceptors (Lipinski definition) is 6. The maximum Gasteiger partial charge on any atom is 0.0701 e. The minimum atomic E-state index is 0.0922. The summed E-state index contributed by atoms with van der Waals surface area (Å²) in [4.78, 5) is 0. The van der Waals surface area contributed by atoms with E-state index in [-0.39, 0.29) is 13.2 Å². The van der Waals surface area contributed by atoms with Crippen LogP contribution in [0, 0.1) is 0 Å². The van der Waals surface area contributed by atoms with Gasteiger partial charge in [-0.1, -0.05) is 39.5 Å². The first-order valence-electron chi connectivity index (χ1n) is 9.36. The van der Waals surface area contributed by atoms with E-state index in [0.717, 1.165) is 32.5 Å². The summed E-state index contributed by atoms with van der Waals surface area (Å²) in [5.74, 6) is 0. The molecule has 0 aliphatic carbocycles.